The molecular formula is C14H24N2O2. The third-order valence-electron chi connectivity index (χ3n) is 4.12. The van der Waals surface area contributed by atoms with Crippen molar-refractivity contribution in [2.45, 2.75) is 32.7 Å². The minimum atomic E-state index is -0.401. The molecule has 0 aromatic rings. The van der Waals surface area contributed by atoms with Gasteiger partial charge in [0.05, 0.1) is 0 Å². The molecule has 2 N–H and O–H groups in total. The second-order valence-corrected chi connectivity index (χ2v) is 5.66. The third-order valence-corrected chi connectivity index (χ3v) is 4.12. The summed E-state index contributed by atoms with van der Waals surface area (Å²) in [5.74, 6) is 1.12. The number of carbonyl (C=O) groups excluding carboxylic acids is 1. The fourth-order valence-corrected chi connectivity index (χ4v) is 2.89. The molecule has 1 amide bonds. The summed E-state index contributed by atoms with van der Waals surface area (Å²) in [4.78, 5) is 13.8. The Bertz CT molecular complexity index is 337. The first kappa shape index (κ1) is 13.6. The SMILES string of the molecule is C/C=C(\C)CN1C[C@H](NC(=O)CO)[C@@H](C2CC2)C1. The maximum Gasteiger partial charge on any atom is 0.245 e. The molecule has 2 atom stereocenters. The molecule has 0 unspecified atom stereocenters. The molecule has 18 heavy (non-hydrogen) atoms. The first-order chi connectivity index (χ1) is 8.63. The Morgan fingerprint density at radius 2 is 2.17 bits per heavy atom. The van der Waals surface area contributed by atoms with Crippen molar-refractivity contribution >= 4 is 5.91 Å². The van der Waals surface area contributed by atoms with Crippen LogP contribution in [0.4, 0.5) is 0 Å². The van der Waals surface area contributed by atoms with Crippen LogP contribution in [0.3, 0.4) is 0 Å². The zero-order valence-corrected chi connectivity index (χ0v) is 11.4. The summed E-state index contributed by atoms with van der Waals surface area (Å²) in [6.07, 6.45) is 4.74. The molecule has 4 nitrogen and oxygen atoms in total. The monoisotopic (exact) mass is 252 g/mol. The average Bonchev–Trinajstić information content (AvgIpc) is 3.13. The van der Waals surface area contributed by atoms with Gasteiger partial charge in [0.15, 0.2) is 0 Å². The summed E-state index contributed by atoms with van der Waals surface area (Å²) >= 11 is 0. The lowest BCUT2D eigenvalue weighted by Crippen LogP contribution is -2.42. The molecule has 0 bridgehead atoms. The van der Waals surface area contributed by atoms with Gasteiger partial charge in [-0.05, 0) is 38.5 Å². The summed E-state index contributed by atoms with van der Waals surface area (Å²) in [5.41, 5.74) is 1.37. The maximum absolute atomic E-state index is 11.4. The zero-order valence-electron chi connectivity index (χ0n) is 11.4. The number of hydrogen-bond acceptors (Lipinski definition) is 3. The summed E-state index contributed by atoms with van der Waals surface area (Å²) in [7, 11) is 0. The van der Waals surface area contributed by atoms with E-state index in [1.807, 2.05) is 0 Å². The summed E-state index contributed by atoms with van der Waals surface area (Å²) < 4.78 is 0. The van der Waals surface area contributed by atoms with Crippen LogP contribution >= 0.6 is 0 Å². The number of aliphatic hydroxyl groups excluding tert-OH is 1. The van der Waals surface area contributed by atoms with Crippen molar-refractivity contribution in [1.82, 2.24) is 10.2 Å². The van der Waals surface area contributed by atoms with Crippen molar-refractivity contribution in [3.8, 4) is 0 Å². The van der Waals surface area contributed by atoms with E-state index in [0.29, 0.717) is 5.92 Å². The molecule has 0 aromatic carbocycles. The Kier molecular flexibility index (Phi) is 4.40. The van der Waals surface area contributed by atoms with Crippen LogP contribution in [-0.4, -0.2) is 48.2 Å². The average molecular weight is 252 g/mol. The highest BCUT2D eigenvalue weighted by molar-refractivity contribution is 5.77. The second-order valence-electron chi connectivity index (χ2n) is 5.66. The van der Waals surface area contributed by atoms with Crippen molar-refractivity contribution in [2.75, 3.05) is 26.2 Å². The molecule has 0 spiro atoms. The standard InChI is InChI=1S/C14H24N2O2/c1-3-10(2)6-16-7-12(11-4-5-11)13(8-16)15-14(18)9-17/h3,11-13,17H,4-9H2,1-2H3,(H,15,18)/b10-3+/t12-,13+/m1/s1. The molecular weight excluding hydrogens is 228 g/mol. The van der Waals surface area contributed by atoms with E-state index in [9.17, 15) is 4.79 Å². The number of allylic oxidation sites excluding steroid dienone is 1. The highest BCUT2D eigenvalue weighted by atomic mass is 16.3. The molecule has 2 fully saturated rings. The number of hydrogen-bond donors (Lipinski definition) is 2. The van der Waals surface area contributed by atoms with Gasteiger partial charge < -0.3 is 10.4 Å². The first-order valence-electron chi connectivity index (χ1n) is 6.88. The van der Waals surface area contributed by atoms with E-state index >= 15 is 0 Å². The summed E-state index contributed by atoms with van der Waals surface area (Å²) in [6, 6.07) is 0.224. The fraction of sp³-hybridized carbons (Fsp3) is 0.786. The lowest BCUT2D eigenvalue weighted by molar-refractivity contribution is -0.124. The van der Waals surface area contributed by atoms with E-state index in [2.05, 4.69) is 30.1 Å². The Morgan fingerprint density at radius 1 is 1.44 bits per heavy atom. The van der Waals surface area contributed by atoms with Crippen molar-refractivity contribution in [3.05, 3.63) is 11.6 Å². The van der Waals surface area contributed by atoms with Gasteiger partial charge >= 0.3 is 0 Å². The van der Waals surface area contributed by atoms with Crippen LogP contribution in [0.1, 0.15) is 26.7 Å². The molecule has 2 rings (SSSR count). The third kappa shape index (κ3) is 3.33. The van der Waals surface area contributed by atoms with Crippen LogP contribution in [0, 0.1) is 11.8 Å². The second kappa shape index (κ2) is 5.85. The van der Waals surface area contributed by atoms with Crippen LogP contribution in [-0.2, 0) is 4.79 Å². The molecule has 1 aliphatic heterocycles. The Balaban J connectivity index is 1.93. The molecule has 1 heterocycles. The Labute approximate surface area is 109 Å². The molecule has 102 valence electrons. The smallest absolute Gasteiger partial charge is 0.245 e. The Hall–Kier alpha value is -0.870. The van der Waals surface area contributed by atoms with Crippen LogP contribution < -0.4 is 5.32 Å². The van der Waals surface area contributed by atoms with Gasteiger partial charge in [-0.15, -0.1) is 0 Å². The number of amides is 1. The molecule has 2 aliphatic rings. The van der Waals surface area contributed by atoms with E-state index < -0.39 is 6.61 Å². The van der Waals surface area contributed by atoms with Gasteiger partial charge in [-0.25, -0.2) is 0 Å². The number of rotatable bonds is 5. The molecule has 4 heteroatoms. The predicted molar refractivity (Wildman–Crippen MR) is 71.1 cm³/mol. The maximum atomic E-state index is 11.4. The van der Waals surface area contributed by atoms with E-state index in [1.165, 1.54) is 18.4 Å². The molecule has 0 aromatic heterocycles. The molecule has 1 saturated carbocycles. The van der Waals surface area contributed by atoms with E-state index in [-0.39, 0.29) is 11.9 Å². The van der Waals surface area contributed by atoms with Crippen molar-refractivity contribution in [1.29, 1.82) is 0 Å². The molecule has 1 saturated heterocycles. The van der Waals surface area contributed by atoms with Crippen LogP contribution in [0.5, 0.6) is 0 Å². The van der Waals surface area contributed by atoms with Gasteiger partial charge in [-0.1, -0.05) is 11.6 Å². The highest BCUT2D eigenvalue weighted by Gasteiger charge is 2.42. The lowest BCUT2D eigenvalue weighted by atomic mass is 9.98. The molecule has 0 radical (unpaired) electrons. The van der Waals surface area contributed by atoms with Gasteiger partial charge in [0.1, 0.15) is 6.61 Å². The fourth-order valence-electron chi connectivity index (χ4n) is 2.89. The minimum Gasteiger partial charge on any atom is -0.387 e. The normalized spacial score (nSPS) is 29.6. The highest BCUT2D eigenvalue weighted by Crippen LogP contribution is 2.41. The van der Waals surface area contributed by atoms with Gasteiger partial charge in [0.25, 0.3) is 0 Å². The topological polar surface area (TPSA) is 52.6 Å². The number of likely N-dealkylation sites (tertiary alicyclic amines) is 1. The largest absolute Gasteiger partial charge is 0.387 e. The van der Waals surface area contributed by atoms with Gasteiger partial charge in [-0.2, -0.15) is 0 Å². The van der Waals surface area contributed by atoms with Crippen molar-refractivity contribution in [2.24, 2.45) is 11.8 Å². The van der Waals surface area contributed by atoms with Gasteiger partial charge in [0, 0.05) is 25.7 Å². The van der Waals surface area contributed by atoms with Crippen molar-refractivity contribution < 1.29 is 9.90 Å². The number of nitrogens with one attached hydrogen (secondary N) is 1. The zero-order chi connectivity index (χ0) is 13.1. The van der Waals surface area contributed by atoms with E-state index in [0.717, 1.165) is 25.6 Å². The summed E-state index contributed by atoms with van der Waals surface area (Å²) in [5, 5.41) is 11.8. The van der Waals surface area contributed by atoms with Gasteiger partial charge in [0.2, 0.25) is 5.91 Å². The van der Waals surface area contributed by atoms with Crippen LogP contribution in [0.15, 0.2) is 11.6 Å². The van der Waals surface area contributed by atoms with Crippen LogP contribution in [0.25, 0.3) is 0 Å². The number of nitrogens with zero attached hydrogens (tertiary/aromatic N) is 1. The van der Waals surface area contributed by atoms with E-state index in [1.54, 1.807) is 0 Å². The molecule has 1 aliphatic carbocycles. The lowest BCUT2D eigenvalue weighted by Gasteiger charge is -2.18. The Morgan fingerprint density at radius 3 is 2.72 bits per heavy atom. The quantitative estimate of drug-likeness (QED) is 0.711. The van der Waals surface area contributed by atoms with Crippen molar-refractivity contribution in [3.63, 3.8) is 0 Å². The predicted octanol–water partition coefficient (Wildman–Crippen LogP) is 0.771. The first-order valence-corrected chi connectivity index (χ1v) is 6.88. The number of carbonyl (C=O) groups is 1. The van der Waals surface area contributed by atoms with Gasteiger partial charge in [-0.3, -0.25) is 9.69 Å². The summed E-state index contributed by atoms with van der Waals surface area (Å²) in [6.45, 7) is 6.79. The number of aliphatic hydroxyl groups is 1. The minimum absolute atomic E-state index is 0.224. The van der Waals surface area contributed by atoms with E-state index in [4.69, 9.17) is 5.11 Å². The van der Waals surface area contributed by atoms with Crippen LogP contribution in [0.2, 0.25) is 0 Å².